The lowest BCUT2D eigenvalue weighted by molar-refractivity contribution is -0.137. The van der Waals surface area contributed by atoms with E-state index in [4.69, 9.17) is 6.57 Å². The van der Waals surface area contributed by atoms with Gasteiger partial charge in [-0.1, -0.05) is 18.2 Å². The Bertz CT molecular complexity index is 1800. The molecular weight excluding hydrogens is 525 g/mol. The molecule has 0 saturated heterocycles. The Balaban J connectivity index is 1.68. The molecule has 0 aliphatic carbocycles. The summed E-state index contributed by atoms with van der Waals surface area (Å²) in [6, 6.07) is 11.5. The van der Waals surface area contributed by atoms with Crippen LogP contribution in [0, 0.1) is 13.5 Å². The Morgan fingerprint density at radius 3 is 2.50 bits per heavy atom. The predicted octanol–water partition coefficient (Wildman–Crippen LogP) is 4.92. The zero-order valence-corrected chi connectivity index (χ0v) is 20.8. The molecule has 200 valence electrons. The highest BCUT2D eigenvalue weighted by atomic mass is 19.4. The molecule has 1 N–H and O–H groups in total. The van der Waals surface area contributed by atoms with Crippen LogP contribution in [0.1, 0.15) is 17.0 Å². The van der Waals surface area contributed by atoms with Crippen molar-refractivity contribution >= 4 is 11.7 Å². The van der Waals surface area contributed by atoms with E-state index in [1.54, 1.807) is 30.3 Å². The molecule has 2 aromatic carbocycles. The molecule has 0 saturated carbocycles. The second-order valence-electron chi connectivity index (χ2n) is 8.55. The molecule has 0 aliphatic rings. The lowest BCUT2D eigenvalue weighted by Gasteiger charge is -2.12. The van der Waals surface area contributed by atoms with Gasteiger partial charge in [0.2, 0.25) is 0 Å². The molecule has 0 radical (unpaired) electrons. The number of nitrogens with one attached hydrogen (secondary N) is 1. The number of amides is 1. The van der Waals surface area contributed by atoms with Crippen molar-refractivity contribution in [2.24, 2.45) is 0 Å². The number of halogens is 3. The van der Waals surface area contributed by atoms with Gasteiger partial charge in [0.25, 0.3) is 0 Å². The number of rotatable bonds is 5. The molecule has 0 spiro atoms. The first-order chi connectivity index (χ1) is 19.2. The fourth-order valence-electron chi connectivity index (χ4n) is 4.24. The highest BCUT2D eigenvalue weighted by Gasteiger charge is 2.32. The van der Waals surface area contributed by atoms with Crippen molar-refractivity contribution in [3.63, 3.8) is 0 Å². The van der Waals surface area contributed by atoms with E-state index in [1.165, 1.54) is 48.5 Å². The van der Waals surface area contributed by atoms with Gasteiger partial charge in [-0.15, -0.1) is 0 Å². The molecule has 10 nitrogen and oxygen atoms in total. The lowest BCUT2D eigenvalue weighted by Crippen LogP contribution is -2.37. The van der Waals surface area contributed by atoms with E-state index < -0.39 is 23.5 Å². The first-order valence-corrected chi connectivity index (χ1v) is 11.8. The molecule has 1 amide bonds. The molecule has 3 aromatic heterocycles. The zero-order chi connectivity index (χ0) is 28.4. The topological polar surface area (TPSA) is 104 Å². The summed E-state index contributed by atoms with van der Waals surface area (Å²) in [4.78, 5) is 38.6. The first kappa shape index (κ1) is 26.1. The van der Waals surface area contributed by atoms with Crippen LogP contribution < -0.4 is 11.0 Å². The summed E-state index contributed by atoms with van der Waals surface area (Å²) in [5.74, 6) is 0. The van der Waals surface area contributed by atoms with E-state index in [0.29, 0.717) is 22.8 Å². The van der Waals surface area contributed by atoms with Crippen LogP contribution in [0.2, 0.25) is 0 Å². The fourth-order valence-corrected chi connectivity index (χ4v) is 4.24. The number of carbonyl (C=O) groups is 1. The molecule has 0 unspecified atom stereocenters. The fraction of sp³-hybridized carbons (Fsp3) is 0.111. The van der Waals surface area contributed by atoms with E-state index >= 15 is 0 Å². The van der Waals surface area contributed by atoms with Crippen molar-refractivity contribution in [1.82, 2.24) is 34.2 Å². The van der Waals surface area contributed by atoms with Crippen LogP contribution in [-0.2, 0) is 12.7 Å². The van der Waals surface area contributed by atoms with E-state index in [2.05, 4.69) is 25.2 Å². The number of hydrogen-bond acceptors (Lipinski definition) is 5. The Hall–Kier alpha value is -5.51. The van der Waals surface area contributed by atoms with Crippen LogP contribution in [0.4, 0.5) is 23.7 Å². The zero-order valence-electron chi connectivity index (χ0n) is 20.8. The molecule has 5 aromatic rings. The maximum Gasteiger partial charge on any atom is 0.416 e. The van der Waals surface area contributed by atoms with Gasteiger partial charge in [0.15, 0.2) is 5.69 Å². The van der Waals surface area contributed by atoms with Crippen LogP contribution >= 0.6 is 0 Å². The van der Waals surface area contributed by atoms with Crippen molar-refractivity contribution in [2.75, 3.05) is 0 Å². The number of carbonyl (C=O) groups excluding carboxylic acids is 1. The standard InChI is InChI=1S/C27H19F3N8O2/c1-17-24(23-10-11-35-38(23)21-8-6-19(31-2)7-9-21)37(25(39)34-16-20-15-32-12-13-33-20)26(40)36(17)22-5-3-4-18(14-22)27(28,29)30/h3-15H,16H2,1H3,(H,34,39). The average molecular weight is 544 g/mol. The van der Waals surface area contributed by atoms with Crippen molar-refractivity contribution in [3.8, 4) is 22.8 Å². The summed E-state index contributed by atoms with van der Waals surface area (Å²) in [7, 11) is 0. The smallest absolute Gasteiger partial charge is 0.332 e. The SMILES string of the molecule is [C-]#[N+]c1ccc(-n2nccc2-c2c(C)n(-c3cccc(C(F)(F)F)c3)c(=O)n2C(=O)NCc2cnccn2)cc1. The van der Waals surface area contributed by atoms with E-state index in [9.17, 15) is 22.8 Å². The Morgan fingerprint density at radius 2 is 1.82 bits per heavy atom. The summed E-state index contributed by atoms with van der Waals surface area (Å²) in [5, 5.41) is 6.95. The van der Waals surface area contributed by atoms with Crippen LogP contribution in [-0.4, -0.2) is 34.9 Å². The van der Waals surface area contributed by atoms with Gasteiger partial charge in [0.1, 0.15) is 5.69 Å². The van der Waals surface area contributed by atoms with Gasteiger partial charge in [0, 0.05) is 12.4 Å². The number of hydrogen-bond donors (Lipinski definition) is 1. The third kappa shape index (κ3) is 4.85. The van der Waals surface area contributed by atoms with E-state index in [1.807, 2.05) is 0 Å². The number of imidazole rings is 1. The summed E-state index contributed by atoms with van der Waals surface area (Å²) >= 11 is 0. The summed E-state index contributed by atoms with van der Waals surface area (Å²) in [6.07, 6.45) is 1.20. The summed E-state index contributed by atoms with van der Waals surface area (Å²) < 4.78 is 43.8. The molecule has 0 bridgehead atoms. The van der Waals surface area contributed by atoms with E-state index in [0.717, 1.165) is 21.3 Å². The van der Waals surface area contributed by atoms with Crippen molar-refractivity contribution in [2.45, 2.75) is 19.6 Å². The summed E-state index contributed by atoms with van der Waals surface area (Å²) in [6.45, 7) is 8.65. The first-order valence-electron chi connectivity index (χ1n) is 11.8. The maximum atomic E-state index is 13.7. The van der Waals surface area contributed by atoms with Crippen LogP contribution in [0.5, 0.6) is 0 Å². The minimum absolute atomic E-state index is 0.0519. The Labute approximate surface area is 224 Å². The minimum atomic E-state index is -4.64. The molecule has 0 atom stereocenters. The van der Waals surface area contributed by atoms with Crippen LogP contribution in [0.15, 0.2) is 84.2 Å². The minimum Gasteiger partial charge on any atom is -0.332 e. The van der Waals surface area contributed by atoms with Gasteiger partial charge in [-0.2, -0.15) is 18.3 Å². The Morgan fingerprint density at radius 1 is 1.05 bits per heavy atom. The molecular formula is C27H19F3N8O2. The van der Waals surface area contributed by atoms with E-state index in [-0.39, 0.29) is 23.6 Å². The number of alkyl halides is 3. The molecule has 13 heteroatoms. The van der Waals surface area contributed by atoms with Crippen LogP contribution in [0.25, 0.3) is 27.6 Å². The molecule has 40 heavy (non-hydrogen) atoms. The molecule has 5 rings (SSSR count). The number of benzene rings is 2. The second kappa shape index (κ2) is 10.3. The third-order valence-electron chi connectivity index (χ3n) is 6.07. The van der Waals surface area contributed by atoms with Gasteiger partial charge in [-0.3, -0.25) is 14.5 Å². The molecule has 0 fully saturated rings. The molecule has 0 aliphatic heterocycles. The van der Waals surface area contributed by atoms with Crippen molar-refractivity contribution < 1.29 is 18.0 Å². The molecule has 3 heterocycles. The monoisotopic (exact) mass is 544 g/mol. The maximum absolute atomic E-state index is 13.7. The van der Waals surface area contributed by atoms with Gasteiger partial charge < -0.3 is 5.32 Å². The highest BCUT2D eigenvalue weighted by molar-refractivity contribution is 5.83. The highest BCUT2D eigenvalue weighted by Crippen LogP contribution is 2.32. The predicted molar refractivity (Wildman–Crippen MR) is 138 cm³/mol. The van der Waals surface area contributed by atoms with Crippen LogP contribution in [0.3, 0.4) is 0 Å². The van der Waals surface area contributed by atoms with Gasteiger partial charge >= 0.3 is 17.9 Å². The number of nitrogens with zero attached hydrogens (tertiary/aromatic N) is 7. The largest absolute Gasteiger partial charge is 0.416 e. The van der Waals surface area contributed by atoms with Gasteiger partial charge in [-0.25, -0.2) is 23.7 Å². The Kier molecular flexibility index (Phi) is 6.75. The lowest BCUT2D eigenvalue weighted by atomic mass is 10.2. The van der Waals surface area contributed by atoms with Gasteiger partial charge in [-0.05, 0) is 43.3 Å². The number of aromatic nitrogens is 6. The normalized spacial score (nSPS) is 11.3. The quantitative estimate of drug-likeness (QED) is 0.317. The van der Waals surface area contributed by atoms with Gasteiger partial charge in [0.05, 0.1) is 59.5 Å². The summed E-state index contributed by atoms with van der Waals surface area (Å²) in [5.41, 5.74) is 0.148. The van der Waals surface area contributed by atoms with Crippen molar-refractivity contribution in [3.05, 3.63) is 118 Å². The third-order valence-corrected chi connectivity index (χ3v) is 6.07. The van der Waals surface area contributed by atoms with Crippen molar-refractivity contribution in [1.29, 1.82) is 0 Å². The second-order valence-corrected chi connectivity index (χ2v) is 8.55. The average Bonchev–Trinajstić information content (AvgIpc) is 3.53.